The quantitative estimate of drug-likeness (QED) is 0.520. The highest BCUT2D eigenvalue weighted by Crippen LogP contribution is 2.16. The number of aromatic nitrogens is 2. The number of nitrogens with one attached hydrogen (secondary N) is 2. The Labute approximate surface area is 191 Å². The molecule has 3 aromatic rings. The molecule has 0 saturated carbocycles. The summed E-state index contributed by atoms with van der Waals surface area (Å²) in [5.41, 5.74) is 0.645. The zero-order chi connectivity index (χ0) is 23.4. The van der Waals surface area contributed by atoms with E-state index in [4.69, 9.17) is 4.74 Å². The summed E-state index contributed by atoms with van der Waals surface area (Å²) in [6.45, 7) is 3.21. The van der Waals surface area contributed by atoms with Crippen LogP contribution < -0.4 is 10.3 Å². The number of ether oxygens (including phenoxy) is 1. The third kappa shape index (κ3) is 5.29. The number of hydrogen-bond acceptors (Lipinski definition) is 6. The molecule has 0 radical (unpaired) electrons. The maximum Gasteiger partial charge on any atom is 0.258 e. The lowest BCUT2D eigenvalue weighted by atomic mass is 10.2. The van der Waals surface area contributed by atoms with Crippen LogP contribution in [-0.2, 0) is 21.3 Å². The lowest BCUT2D eigenvalue weighted by Crippen LogP contribution is -2.32. The standard InChI is InChI=1S/C23H26N4O5S/c1-2-27(15-21-25-20-8-4-3-7-19(20)22(28)26-21)23(29)16-9-11-18(12-10-16)33(30,31)24-14-17-6-5-13-32-17/h3-4,7-12,17,24H,2,5-6,13-15H2,1H3,(H,25,26,28)/t17-/m1/s1. The summed E-state index contributed by atoms with van der Waals surface area (Å²) >= 11 is 0. The Morgan fingerprint density at radius 1 is 1.21 bits per heavy atom. The SMILES string of the molecule is CCN(Cc1nc2ccccc2c(=O)[nH]1)C(=O)c1ccc(S(=O)(=O)NC[C@H]2CCCO2)cc1. The molecule has 33 heavy (non-hydrogen) atoms. The van der Waals surface area contributed by atoms with Gasteiger partial charge in [-0.1, -0.05) is 12.1 Å². The molecule has 0 unspecified atom stereocenters. The number of fused-ring (bicyclic) bond motifs is 1. The molecule has 1 aliphatic rings. The highest BCUT2D eigenvalue weighted by atomic mass is 32.2. The molecule has 2 aromatic carbocycles. The Hall–Kier alpha value is -3.08. The van der Waals surface area contributed by atoms with Gasteiger partial charge in [0, 0.05) is 25.3 Å². The van der Waals surface area contributed by atoms with Crippen LogP contribution in [0.25, 0.3) is 10.9 Å². The van der Waals surface area contributed by atoms with Crippen molar-refractivity contribution in [2.75, 3.05) is 19.7 Å². The number of carbonyl (C=O) groups excluding carboxylic acids is 1. The summed E-state index contributed by atoms with van der Waals surface area (Å²) in [6.07, 6.45) is 1.66. The maximum atomic E-state index is 13.0. The molecule has 1 atom stereocenters. The van der Waals surface area contributed by atoms with Crippen LogP contribution >= 0.6 is 0 Å². The van der Waals surface area contributed by atoms with Crippen molar-refractivity contribution in [3.8, 4) is 0 Å². The number of amides is 1. The van der Waals surface area contributed by atoms with Crippen molar-refractivity contribution < 1.29 is 17.9 Å². The van der Waals surface area contributed by atoms with Crippen LogP contribution in [0.1, 0.15) is 35.9 Å². The molecule has 1 aliphatic heterocycles. The van der Waals surface area contributed by atoms with Gasteiger partial charge in [-0.3, -0.25) is 9.59 Å². The average Bonchev–Trinajstić information content (AvgIpc) is 3.35. The van der Waals surface area contributed by atoms with Gasteiger partial charge in [0.2, 0.25) is 10.0 Å². The van der Waals surface area contributed by atoms with Crippen molar-refractivity contribution in [1.82, 2.24) is 19.6 Å². The van der Waals surface area contributed by atoms with Crippen LogP contribution in [-0.4, -0.2) is 55.0 Å². The number of benzene rings is 2. The zero-order valence-electron chi connectivity index (χ0n) is 18.3. The molecule has 1 aromatic heterocycles. The molecular formula is C23H26N4O5S. The Balaban J connectivity index is 1.46. The third-order valence-electron chi connectivity index (χ3n) is 5.61. The minimum absolute atomic E-state index is 0.0839. The molecule has 2 heterocycles. The van der Waals surface area contributed by atoms with E-state index < -0.39 is 10.0 Å². The summed E-state index contributed by atoms with van der Waals surface area (Å²) in [7, 11) is -3.69. The first kappa shape index (κ1) is 23.1. The van der Waals surface area contributed by atoms with Crippen LogP contribution in [0.15, 0.2) is 58.2 Å². The number of rotatable bonds is 8. The first-order valence-corrected chi connectivity index (χ1v) is 12.3. The minimum Gasteiger partial charge on any atom is -0.377 e. The van der Waals surface area contributed by atoms with E-state index in [1.54, 1.807) is 24.3 Å². The lowest BCUT2D eigenvalue weighted by Gasteiger charge is -2.20. The first-order chi connectivity index (χ1) is 15.9. The Morgan fingerprint density at radius 2 is 1.97 bits per heavy atom. The second-order valence-corrected chi connectivity index (χ2v) is 9.63. The fraction of sp³-hybridized carbons (Fsp3) is 0.348. The summed E-state index contributed by atoms with van der Waals surface area (Å²) in [6, 6.07) is 12.8. The fourth-order valence-corrected chi connectivity index (χ4v) is 4.83. The normalized spacial score (nSPS) is 16.2. The molecule has 10 heteroatoms. The second kappa shape index (κ2) is 9.82. The fourth-order valence-electron chi connectivity index (χ4n) is 3.77. The van der Waals surface area contributed by atoms with E-state index in [1.165, 1.54) is 29.2 Å². The van der Waals surface area contributed by atoms with Crippen molar-refractivity contribution in [2.45, 2.75) is 37.3 Å². The zero-order valence-corrected chi connectivity index (χ0v) is 19.1. The van der Waals surface area contributed by atoms with Gasteiger partial charge in [0.1, 0.15) is 5.82 Å². The molecule has 1 amide bonds. The number of sulfonamides is 1. The van der Waals surface area contributed by atoms with Crippen LogP contribution in [0.4, 0.5) is 0 Å². The van der Waals surface area contributed by atoms with Crippen LogP contribution in [0, 0.1) is 0 Å². The lowest BCUT2D eigenvalue weighted by molar-refractivity contribution is 0.0748. The predicted molar refractivity (Wildman–Crippen MR) is 123 cm³/mol. The van der Waals surface area contributed by atoms with Crippen molar-refractivity contribution in [2.24, 2.45) is 0 Å². The summed E-state index contributed by atoms with van der Waals surface area (Å²) < 4.78 is 33.1. The van der Waals surface area contributed by atoms with Gasteiger partial charge < -0.3 is 14.6 Å². The molecule has 1 fully saturated rings. The molecular weight excluding hydrogens is 444 g/mol. The molecule has 174 valence electrons. The summed E-state index contributed by atoms with van der Waals surface area (Å²) in [4.78, 5) is 34.1. The molecule has 9 nitrogen and oxygen atoms in total. The van der Waals surface area contributed by atoms with Crippen LogP contribution in [0.3, 0.4) is 0 Å². The number of aromatic amines is 1. The Kier molecular flexibility index (Phi) is 6.87. The number of H-pyrrole nitrogens is 1. The highest BCUT2D eigenvalue weighted by molar-refractivity contribution is 7.89. The van der Waals surface area contributed by atoms with Crippen molar-refractivity contribution in [3.05, 3.63) is 70.3 Å². The summed E-state index contributed by atoms with van der Waals surface area (Å²) in [5.74, 6) is 0.0935. The van der Waals surface area contributed by atoms with Gasteiger partial charge in [0.15, 0.2) is 0 Å². The minimum atomic E-state index is -3.69. The van der Waals surface area contributed by atoms with E-state index in [2.05, 4.69) is 14.7 Å². The number of carbonyl (C=O) groups is 1. The Morgan fingerprint density at radius 3 is 2.67 bits per heavy atom. The maximum absolute atomic E-state index is 13.0. The number of para-hydroxylation sites is 1. The van der Waals surface area contributed by atoms with Crippen molar-refractivity contribution in [1.29, 1.82) is 0 Å². The Bertz CT molecular complexity index is 1300. The molecule has 0 bridgehead atoms. The van der Waals surface area contributed by atoms with Gasteiger partial charge in [0.05, 0.1) is 28.4 Å². The van der Waals surface area contributed by atoms with E-state index in [-0.39, 0.29) is 35.6 Å². The largest absolute Gasteiger partial charge is 0.377 e. The van der Waals surface area contributed by atoms with Crippen molar-refractivity contribution >= 4 is 26.8 Å². The average molecular weight is 471 g/mol. The molecule has 1 saturated heterocycles. The van der Waals surface area contributed by atoms with Gasteiger partial charge in [-0.25, -0.2) is 18.1 Å². The van der Waals surface area contributed by atoms with E-state index in [9.17, 15) is 18.0 Å². The van der Waals surface area contributed by atoms with Crippen molar-refractivity contribution in [3.63, 3.8) is 0 Å². The molecule has 0 spiro atoms. The van der Waals surface area contributed by atoms with Gasteiger partial charge in [-0.15, -0.1) is 0 Å². The molecule has 4 rings (SSSR count). The molecule has 0 aliphatic carbocycles. The van der Waals surface area contributed by atoms with Gasteiger partial charge in [0.25, 0.3) is 11.5 Å². The summed E-state index contributed by atoms with van der Waals surface area (Å²) in [5, 5.41) is 0.487. The van der Waals surface area contributed by atoms with E-state index >= 15 is 0 Å². The van der Waals surface area contributed by atoms with Crippen LogP contribution in [0.2, 0.25) is 0 Å². The second-order valence-electron chi connectivity index (χ2n) is 7.86. The number of hydrogen-bond donors (Lipinski definition) is 2. The van der Waals surface area contributed by atoms with E-state index in [0.29, 0.717) is 35.4 Å². The molecule has 2 N–H and O–H groups in total. The highest BCUT2D eigenvalue weighted by Gasteiger charge is 2.21. The smallest absolute Gasteiger partial charge is 0.258 e. The third-order valence-corrected chi connectivity index (χ3v) is 7.05. The van der Waals surface area contributed by atoms with Crippen LogP contribution in [0.5, 0.6) is 0 Å². The predicted octanol–water partition coefficient (Wildman–Crippen LogP) is 2.04. The van der Waals surface area contributed by atoms with Gasteiger partial charge in [-0.05, 0) is 56.2 Å². The monoisotopic (exact) mass is 470 g/mol. The van der Waals surface area contributed by atoms with Gasteiger partial charge in [-0.2, -0.15) is 0 Å². The van der Waals surface area contributed by atoms with E-state index in [0.717, 1.165) is 12.8 Å². The number of nitrogens with zero attached hydrogens (tertiary/aromatic N) is 2. The first-order valence-electron chi connectivity index (χ1n) is 10.9. The topological polar surface area (TPSA) is 121 Å². The van der Waals surface area contributed by atoms with Gasteiger partial charge >= 0.3 is 0 Å². The van der Waals surface area contributed by atoms with E-state index in [1.807, 2.05) is 6.92 Å².